The minimum Gasteiger partial charge on any atom is -0.355 e. The largest absolute Gasteiger partial charge is 0.355 e. The van der Waals surface area contributed by atoms with Gasteiger partial charge in [0, 0.05) is 17.8 Å². The first-order valence-electron chi connectivity index (χ1n) is 7.49. The fraction of sp³-hybridized carbons (Fsp3) is 0.933. The second-order valence-corrected chi connectivity index (χ2v) is 7.08. The average Bonchev–Trinajstić information content (AvgIpc) is 2.86. The molecule has 0 aliphatic heterocycles. The first-order chi connectivity index (χ1) is 8.65. The number of rotatable bonds is 4. The van der Waals surface area contributed by atoms with Crippen molar-refractivity contribution in [1.29, 1.82) is 0 Å². The summed E-state index contributed by atoms with van der Waals surface area (Å²) < 4.78 is 0. The van der Waals surface area contributed by atoms with Crippen molar-refractivity contribution in [1.82, 2.24) is 5.32 Å². The molecule has 0 atom stereocenters. The minimum atomic E-state index is 0.287. The Morgan fingerprint density at radius 3 is 2.39 bits per heavy atom. The molecular weight excluding hydrogens is 290 g/mol. The first kappa shape index (κ1) is 14.4. The quantitative estimate of drug-likeness (QED) is 0.784. The number of alkyl halides is 1. The van der Waals surface area contributed by atoms with Gasteiger partial charge in [-0.05, 0) is 49.9 Å². The predicted octanol–water partition coefficient (Wildman–Crippen LogP) is 3.88. The summed E-state index contributed by atoms with van der Waals surface area (Å²) in [5, 5.41) is 4.26. The van der Waals surface area contributed by atoms with Crippen molar-refractivity contribution >= 4 is 21.8 Å². The number of hydrogen-bond donors (Lipinski definition) is 1. The number of nitrogens with one attached hydrogen (secondary N) is 1. The molecular formula is C15H26BrNO. The van der Waals surface area contributed by atoms with Crippen LogP contribution in [0.2, 0.25) is 0 Å². The summed E-state index contributed by atoms with van der Waals surface area (Å²) in [6.45, 7) is 3.18. The Bertz CT molecular complexity index is 278. The molecule has 0 bridgehead atoms. The van der Waals surface area contributed by atoms with E-state index < -0.39 is 0 Å². The van der Waals surface area contributed by atoms with E-state index in [1.807, 2.05) is 0 Å². The fourth-order valence-corrected chi connectivity index (χ4v) is 4.18. The number of amides is 1. The standard InChI is InChI=1S/C15H26BrNO/c1-12-4-6-13(7-5-12)14(18)17-11-15(10-16)8-2-3-9-15/h12-13H,2-11H2,1H3,(H,17,18). The molecule has 2 aliphatic carbocycles. The molecule has 1 amide bonds. The smallest absolute Gasteiger partial charge is 0.223 e. The molecule has 0 aromatic heterocycles. The lowest BCUT2D eigenvalue weighted by molar-refractivity contribution is -0.126. The average molecular weight is 316 g/mol. The zero-order chi connectivity index (χ0) is 13.0. The summed E-state index contributed by atoms with van der Waals surface area (Å²) in [7, 11) is 0. The van der Waals surface area contributed by atoms with Crippen LogP contribution in [0.4, 0.5) is 0 Å². The summed E-state index contributed by atoms with van der Waals surface area (Å²) in [6, 6.07) is 0. The van der Waals surface area contributed by atoms with Crippen LogP contribution in [0.3, 0.4) is 0 Å². The van der Waals surface area contributed by atoms with Crippen LogP contribution in [0, 0.1) is 17.3 Å². The molecule has 0 spiro atoms. The van der Waals surface area contributed by atoms with E-state index in [-0.39, 0.29) is 5.92 Å². The first-order valence-corrected chi connectivity index (χ1v) is 8.61. The second-order valence-electron chi connectivity index (χ2n) is 6.52. The van der Waals surface area contributed by atoms with Gasteiger partial charge < -0.3 is 5.32 Å². The van der Waals surface area contributed by atoms with Crippen LogP contribution in [-0.2, 0) is 4.79 Å². The van der Waals surface area contributed by atoms with E-state index in [9.17, 15) is 4.79 Å². The van der Waals surface area contributed by atoms with E-state index in [4.69, 9.17) is 0 Å². The van der Waals surface area contributed by atoms with Gasteiger partial charge >= 0.3 is 0 Å². The van der Waals surface area contributed by atoms with Crippen molar-refractivity contribution in [2.75, 3.05) is 11.9 Å². The minimum absolute atomic E-state index is 0.287. The summed E-state index contributed by atoms with van der Waals surface area (Å²) in [5.41, 5.74) is 0.345. The van der Waals surface area contributed by atoms with Gasteiger partial charge in [-0.2, -0.15) is 0 Å². The topological polar surface area (TPSA) is 29.1 Å². The van der Waals surface area contributed by atoms with E-state index in [0.29, 0.717) is 11.3 Å². The Labute approximate surface area is 119 Å². The van der Waals surface area contributed by atoms with Crippen molar-refractivity contribution in [3.63, 3.8) is 0 Å². The lowest BCUT2D eigenvalue weighted by Crippen LogP contribution is -2.40. The highest BCUT2D eigenvalue weighted by Gasteiger charge is 2.34. The molecule has 18 heavy (non-hydrogen) atoms. The molecule has 0 unspecified atom stereocenters. The maximum absolute atomic E-state index is 12.2. The highest BCUT2D eigenvalue weighted by Crippen LogP contribution is 2.39. The summed E-state index contributed by atoms with van der Waals surface area (Å²) in [6.07, 6.45) is 9.80. The molecule has 1 N–H and O–H groups in total. The fourth-order valence-electron chi connectivity index (χ4n) is 3.42. The molecule has 2 nitrogen and oxygen atoms in total. The van der Waals surface area contributed by atoms with Gasteiger partial charge in [0.25, 0.3) is 0 Å². The highest BCUT2D eigenvalue weighted by atomic mass is 79.9. The Kier molecular flexibility index (Phi) is 5.11. The van der Waals surface area contributed by atoms with Crippen LogP contribution < -0.4 is 5.32 Å². The van der Waals surface area contributed by atoms with Crippen molar-refractivity contribution < 1.29 is 4.79 Å². The molecule has 2 fully saturated rings. The van der Waals surface area contributed by atoms with E-state index in [2.05, 4.69) is 28.2 Å². The summed E-state index contributed by atoms with van der Waals surface area (Å²) in [5.74, 6) is 1.42. The van der Waals surface area contributed by atoms with E-state index in [0.717, 1.165) is 30.6 Å². The lowest BCUT2D eigenvalue weighted by Gasteiger charge is -2.30. The Hall–Kier alpha value is -0.0500. The van der Waals surface area contributed by atoms with Gasteiger partial charge in [0.05, 0.1) is 0 Å². The lowest BCUT2D eigenvalue weighted by atomic mass is 9.82. The molecule has 2 saturated carbocycles. The van der Waals surface area contributed by atoms with Gasteiger partial charge in [-0.15, -0.1) is 0 Å². The maximum atomic E-state index is 12.2. The van der Waals surface area contributed by atoms with Crippen LogP contribution >= 0.6 is 15.9 Å². The van der Waals surface area contributed by atoms with E-state index in [1.54, 1.807) is 0 Å². The van der Waals surface area contributed by atoms with Gasteiger partial charge in [0.1, 0.15) is 0 Å². The number of carbonyl (C=O) groups is 1. The van der Waals surface area contributed by atoms with Crippen LogP contribution in [-0.4, -0.2) is 17.8 Å². The summed E-state index contributed by atoms with van der Waals surface area (Å²) in [4.78, 5) is 12.2. The Morgan fingerprint density at radius 2 is 1.83 bits per heavy atom. The molecule has 0 saturated heterocycles. The molecule has 0 radical (unpaired) electrons. The van der Waals surface area contributed by atoms with Crippen molar-refractivity contribution in [3.05, 3.63) is 0 Å². The van der Waals surface area contributed by atoms with Crippen molar-refractivity contribution in [2.24, 2.45) is 17.3 Å². The Morgan fingerprint density at radius 1 is 1.22 bits per heavy atom. The van der Waals surface area contributed by atoms with Crippen molar-refractivity contribution in [3.8, 4) is 0 Å². The maximum Gasteiger partial charge on any atom is 0.223 e. The van der Waals surface area contributed by atoms with Crippen molar-refractivity contribution in [2.45, 2.75) is 58.3 Å². The van der Waals surface area contributed by atoms with Crippen LogP contribution in [0.25, 0.3) is 0 Å². The molecule has 0 heterocycles. The third-order valence-electron chi connectivity index (χ3n) is 4.97. The molecule has 2 rings (SSSR count). The number of halogens is 1. The van der Waals surface area contributed by atoms with E-state index >= 15 is 0 Å². The van der Waals surface area contributed by atoms with Gasteiger partial charge in [-0.3, -0.25) is 4.79 Å². The Balaban J connectivity index is 1.77. The van der Waals surface area contributed by atoms with Crippen LogP contribution in [0.1, 0.15) is 58.3 Å². The predicted molar refractivity (Wildman–Crippen MR) is 78.8 cm³/mol. The van der Waals surface area contributed by atoms with Gasteiger partial charge in [0.15, 0.2) is 0 Å². The highest BCUT2D eigenvalue weighted by molar-refractivity contribution is 9.09. The third-order valence-corrected chi connectivity index (χ3v) is 6.16. The van der Waals surface area contributed by atoms with Gasteiger partial charge in [0.2, 0.25) is 5.91 Å². The monoisotopic (exact) mass is 315 g/mol. The summed E-state index contributed by atoms with van der Waals surface area (Å²) >= 11 is 3.64. The molecule has 0 aromatic carbocycles. The normalized spacial score (nSPS) is 31.2. The molecule has 3 heteroatoms. The molecule has 0 aromatic rings. The van der Waals surface area contributed by atoms with E-state index in [1.165, 1.54) is 38.5 Å². The zero-order valence-electron chi connectivity index (χ0n) is 11.5. The number of carbonyl (C=O) groups excluding carboxylic acids is 1. The zero-order valence-corrected chi connectivity index (χ0v) is 13.1. The van der Waals surface area contributed by atoms with Crippen LogP contribution in [0.5, 0.6) is 0 Å². The van der Waals surface area contributed by atoms with Crippen LogP contribution in [0.15, 0.2) is 0 Å². The third kappa shape index (κ3) is 3.49. The molecule has 104 valence electrons. The molecule has 2 aliphatic rings. The van der Waals surface area contributed by atoms with Gasteiger partial charge in [-0.1, -0.05) is 35.7 Å². The van der Waals surface area contributed by atoms with Gasteiger partial charge in [-0.25, -0.2) is 0 Å². The number of hydrogen-bond acceptors (Lipinski definition) is 1. The SMILES string of the molecule is CC1CCC(C(=O)NCC2(CBr)CCCC2)CC1. The second kappa shape index (κ2) is 6.40.